The van der Waals surface area contributed by atoms with Gasteiger partial charge in [-0.2, -0.15) is 0 Å². The van der Waals surface area contributed by atoms with Crippen molar-refractivity contribution in [2.75, 3.05) is 5.32 Å². The lowest BCUT2D eigenvalue weighted by molar-refractivity contribution is -0.116. The topological polar surface area (TPSA) is 89.3 Å². The van der Waals surface area contributed by atoms with Crippen LogP contribution in [0.5, 0.6) is 0 Å². The lowest BCUT2D eigenvalue weighted by atomic mass is 10.1. The van der Waals surface area contributed by atoms with Crippen LogP contribution < -0.4 is 10.5 Å². The van der Waals surface area contributed by atoms with Gasteiger partial charge in [-0.05, 0) is 61.2 Å². The molecule has 0 aliphatic heterocycles. The van der Waals surface area contributed by atoms with Gasteiger partial charge in [-0.15, -0.1) is 0 Å². The van der Waals surface area contributed by atoms with E-state index in [1.165, 1.54) is 12.1 Å². The van der Waals surface area contributed by atoms with Gasteiger partial charge in [0, 0.05) is 16.6 Å². The molecule has 2 aromatic rings. The predicted octanol–water partition coefficient (Wildman–Crippen LogP) is 3.28. The van der Waals surface area contributed by atoms with Crippen molar-refractivity contribution >= 4 is 37.5 Å². The largest absolute Gasteiger partial charge is 0.326 e. The number of anilines is 1. The smallest absolute Gasteiger partial charge is 0.238 e. The molecule has 0 fully saturated rings. The lowest BCUT2D eigenvalue weighted by Gasteiger charge is -2.13. The van der Waals surface area contributed by atoms with Crippen LogP contribution in [0, 0.1) is 13.8 Å². The van der Waals surface area contributed by atoms with E-state index < -0.39 is 10.0 Å². The number of nitrogens with two attached hydrogens (primary N) is 1. The SMILES string of the molecule is Cc1cc(S(N)(=O)=O)cc(NC(=O)CCc2cccc(Br)c2)c1C. The molecular weight excluding hydrogens is 392 g/mol. The number of hydrogen-bond acceptors (Lipinski definition) is 3. The molecule has 0 aliphatic rings. The molecule has 7 heteroatoms. The number of hydrogen-bond donors (Lipinski definition) is 2. The standard InChI is InChI=1S/C17H19BrN2O3S/c1-11-8-15(24(19,22)23)10-16(12(11)2)20-17(21)7-6-13-4-3-5-14(18)9-13/h3-5,8-10H,6-7H2,1-2H3,(H,20,21)(H2,19,22,23). The van der Waals surface area contributed by atoms with Crippen LogP contribution in [-0.2, 0) is 21.2 Å². The maximum absolute atomic E-state index is 12.2. The van der Waals surface area contributed by atoms with Crippen molar-refractivity contribution < 1.29 is 13.2 Å². The summed E-state index contributed by atoms with van der Waals surface area (Å²) in [7, 11) is -3.82. The molecule has 5 nitrogen and oxygen atoms in total. The van der Waals surface area contributed by atoms with Crippen LogP contribution in [0.3, 0.4) is 0 Å². The van der Waals surface area contributed by atoms with E-state index in [1.807, 2.05) is 31.2 Å². The Morgan fingerprint density at radius 2 is 1.92 bits per heavy atom. The number of amides is 1. The Bertz CT molecular complexity index is 879. The summed E-state index contributed by atoms with van der Waals surface area (Å²) in [6.07, 6.45) is 0.896. The predicted molar refractivity (Wildman–Crippen MR) is 98.4 cm³/mol. The normalized spacial score (nSPS) is 11.3. The van der Waals surface area contributed by atoms with Crippen molar-refractivity contribution in [2.24, 2.45) is 5.14 Å². The second kappa shape index (κ2) is 7.46. The zero-order valence-electron chi connectivity index (χ0n) is 13.5. The number of rotatable bonds is 5. The number of aryl methyl sites for hydroxylation is 2. The number of nitrogens with one attached hydrogen (secondary N) is 1. The molecule has 128 valence electrons. The average Bonchev–Trinajstić information content (AvgIpc) is 2.48. The van der Waals surface area contributed by atoms with E-state index in [2.05, 4.69) is 21.2 Å². The lowest BCUT2D eigenvalue weighted by Crippen LogP contribution is -2.16. The van der Waals surface area contributed by atoms with Gasteiger partial charge in [0.25, 0.3) is 0 Å². The third-order valence-corrected chi connectivity index (χ3v) is 5.16. The molecule has 0 saturated carbocycles. The van der Waals surface area contributed by atoms with Crippen LogP contribution >= 0.6 is 15.9 Å². The Kier molecular flexibility index (Phi) is 5.79. The van der Waals surface area contributed by atoms with Crippen LogP contribution in [0.1, 0.15) is 23.1 Å². The number of sulfonamides is 1. The first kappa shape index (κ1) is 18.6. The van der Waals surface area contributed by atoms with Gasteiger partial charge in [0.15, 0.2) is 0 Å². The highest BCUT2D eigenvalue weighted by Gasteiger charge is 2.14. The van der Waals surface area contributed by atoms with Gasteiger partial charge in [0.2, 0.25) is 15.9 Å². The van der Waals surface area contributed by atoms with Crippen molar-refractivity contribution in [3.05, 3.63) is 57.6 Å². The Morgan fingerprint density at radius 3 is 2.54 bits per heavy atom. The highest BCUT2D eigenvalue weighted by molar-refractivity contribution is 9.10. The number of carbonyl (C=O) groups excluding carboxylic acids is 1. The fourth-order valence-corrected chi connectivity index (χ4v) is 3.35. The first-order valence-electron chi connectivity index (χ1n) is 7.35. The van der Waals surface area contributed by atoms with Crippen LogP contribution in [-0.4, -0.2) is 14.3 Å². The summed E-state index contributed by atoms with van der Waals surface area (Å²) in [6.45, 7) is 3.60. The summed E-state index contributed by atoms with van der Waals surface area (Å²) in [5.74, 6) is -0.177. The van der Waals surface area contributed by atoms with E-state index in [0.717, 1.165) is 21.2 Å². The zero-order chi connectivity index (χ0) is 17.9. The number of primary sulfonamides is 1. The monoisotopic (exact) mass is 410 g/mol. The van der Waals surface area contributed by atoms with Crippen molar-refractivity contribution in [3.63, 3.8) is 0 Å². The van der Waals surface area contributed by atoms with Crippen molar-refractivity contribution in [2.45, 2.75) is 31.6 Å². The van der Waals surface area contributed by atoms with Crippen LogP contribution in [0.2, 0.25) is 0 Å². The Morgan fingerprint density at radius 1 is 1.21 bits per heavy atom. The first-order valence-corrected chi connectivity index (χ1v) is 9.69. The summed E-state index contributed by atoms with van der Waals surface area (Å²) >= 11 is 3.40. The summed E-state index contributed by atoms with van der Waals surface area (Å²) < 4.78 is 24.0. The van der Waals surface area contributed by atoms with Crippen LogP contribution in [0.4, 0.5) is 5.69 Å². The second-order valence-electron chi connectivity index (χ2n) is 5.64. The van der Waals surface area contributed by atoms with Gasteiger partial charge in [-0.3, -0.25) is 4.79 Å². The maximum atomic E-state index is 12.2. The molecule has 0 saturated heterocycles. The number of benzene rings is 2. The third-order valence-electron chi connectivity index (χ3n) is 3.77. The van der Waals surface area contributed by atoms with Crippen LogP contribution in [0.15, 0.2) is 45.8 Å². The van der Waals surface area contributed by atoms with E-state index in [1.54, 1.807) is 6.92 Å². The van der Waals surface area contributed by atoms with E-state index in [4.69, 9.17) is 5.14 Å². The zero-order valence-corrected chi connectivity index (χ0v) is 15.9. The molecule has 0 spiro atoms. The minimum atomic E-state index is -3.82. The quantitative estimate of drug-likeness (QED) is 0.791. The number of carbonyl (C=O) groups is 1. The molecule has 2 aromatic carbocycles. The van der Waals surface area contributed by atoms with Gasteiger partial charge >= 0.3 is 0 Å². The second-order valence-corrected chi connectivity index (χ2v) is 8.11. The molecular formula is C17H19BrN2O3S. The summed E-state index contributed by atoms with van der Waals surface area (Å²) in [6, 6.07) is 10.7. The van der Waals surface area contributed by atoms with Gasteiger partial charge in [0.05, 0.1) is 4.90 Å². The van der Waals surface area contributed by atoms with Crippen LogP contribution in [0.25, 0.3) is 0 Å². The molecule has 0 atom stereocenters. The molecule has 24 heavy (non-hydrogen) atoms. The molecule has 2 rings (SSSR count). The third kappa shape index (κ3) is 4.90. The summed E-state index contributed by atoms with van der Waals surface area (Å²) in [5, 5.41) is 7.96. The van der Waals surface area contributed by atoms with E-state index in [-0.39, 0.29) is 10.8 Å². The average molecular weight is 411 g/mol. The van der Waals surface area contributed by atoms with Crippen molar-refractivity contribution in [1.82, 2.24) is 0 Å². The molecule has 0 radical (unpaired) electrons. The Labute approximate surface area is 150 Å². The molecule has 0 aromatic heterocycles. The Balaban J connectivity index is 2.12. The van der Waals surface area contributed by atoms with Crippen molar-refractivity contribution in [1.29, 1.82) is 0 Å². The Hall–Kier alpha value is -1.70. The van der Waals surface area contributed by atoms with Crippen molar-refractivity contribution in [3.8, 4) is 0 Å². The molecule has 0 heterocycles. The van der Waals surface area contributed by atoms with Gasteiger partial charge < -0.3 is 5.32 Å². The fourth-order valence-electron chi connectivity index (χ4n) is 2.28. The van der Waals surface area contributed by atoms with E-state index in [9.17, 15) is 13.2 Å². The van der Waals surface area contributed by atoms with Gasteiger partial charge in [-0.25, -0.2) is 13.6 Å². The molecule has 3 N–H and O–H groups in total. The number of halogens is 1. The van der Waals surface area contributed by atoms with E-state index in [0.29, 0.717) is 18.5 Å². The van der Waals surface area contributed by atoms with E-state index >= 15 is 0 Å². The molecule has 0 unspecified atom stereocenters. The first-order chi connectivity index (χ1) is 11.2. The summed E-state index contributed by atoms with van der Waals surface area (Å²) in [5.41, 5.74) is 3.09. The maximum Gasteiger partial charge on any atom is 0.238 e. The fraction of sp³-hybridized carbons (Fsp3) is 0.235. The molecule has 0 bridgehead atoms. The molecule has 0 aliphatic carbocycles. The highest BCUT2D eigenvalue weighted by Crippen LogP contribution is 2.24. The summed E-state index contributed by atoms with van der Waals surface area (Å²) in [4.78, 5) is 12.2. The minimum absolute atomic E-state index is 0.00658. The van der Waals surface area contributed by atoms with Gasteiger partial charge in [-0.1, -0.05) is 28.1 Å². The molecule has 1 amide bonds. The van der Waals surface area contributed by atoms with Gasteiger partial charge in [0.1, 0.15) is 0 Å². The minimum Gasteiger partial charge on any atom is -0.326 e. The highest BCUT2D eigenvalue weighted by atomic mass is 79.9.